The van der Waals surface area contributed by atoms with E-state index in [-0.39, 0.29) is 5.57 Å². The maximum absolute atomic E-state index is 14.6. The average Bonchev–Trinajstić information content (AvgIpc) is 3.12. The van der Waals surface area contributed by atoms with Crippen molar-refractivity contribution in [3.8, 4) is 0 Å². The number of hydrogen-bond acceptors (Lipinski definition) is 6. The molecule has 3 rings (SSSR count). The molecule has 0 amide bonds. The van der Waals surface area contributed by atoms with Gasteiger partial charge in [-0.15, -0.1) is 11.3 Å². The molecule has 0 saturated carbocycles. The molecule has 5 nitrogen and oxygen atoms in total. The van der Waals surface area contributed by atoms with Crippen LogP contribution in [0.1, 0.15) is 11.8 Å². The molecule has 29 heavy (non-hydrogen) atoms. The summed E-state index contributed by atoms with van der Waals surface area (Å²) in [7, 11) is 0. The first kappa shape index (κ1) is 21.8. The first-order chi connectivity index (χ1) is 13.8. The first-order valence-corrected chi connectivity index (χ1v) is 10.1. The lowest BCUT2D eigenvalue weighted by Crippen LogP contribution is -2.58. The Bertz CT molecular complexity index is 899. The number of rotatable bonds is 6. The summed E-state index contributed by atoms with van der Waals surface area (Å²) in [5.74, 6) is -0.423. The fraction of sp³-hybridized carbons (Fsp3) is 0.364. The van der Waals surface area contributed by atoms with Gasteiger partial charge in [-0.3, -0.25) is 0 Å². The van der Waals surface area contributed by atoms with Gasteiger partial charge in [-0.2, -0.15) is 0 Å². The minimum Gasteiger partial charge on any atom is -0.394 e. The van der Waals surface area contributed by atoms with Crippen LogP contribution >= 0.6 is 11.3 Å². The van der Waals surface area contributed by atoms with Crippen molar-refractivity contribution in [3.05, 3.63) is 70.9 Å². The van der Waals surface area contributed by atoms with Crippen molar-refractivity contribution in [2.45, 2.75) is 43.9 Å². The molecular weight excluding hydrogens is 395 g/mol. The molecule has 0 spiro atoms. The minimum absolute atomic E-state index is 0.228. The highest BCUT2D eigenvalue weighted by atomic mass is 32.1. The molecule has 0 aliphatic carbocycles. The van der Waals surface area contributed by atoms with Crippen LogP contribution in [0, 0.1) is 0 Å². The second-order valence-corrected chi connectivity index (χ2v) is 8.38. The number of aliphatic hydroxyl groups excluding tert-OH is 4. The molecule has 1 aromatic carbocycles. The predicted molar refractivity (Wildman–Crippen MR) is 111 cm³/mol. The molecule has 7 heteroatoms. The molecule has 1 fully saturated rings. The van der Waals surface area contributed by atoms with Gasteiger partial charge in [0.2, 0.25) is 0 Å². The van der Waals surface area contributed by atoms with E-state index < -0.39 is 43.0 Å². The number of aliphatic hydroxyl groups is 4. The van der Waals surface area contributed by atoms with Crippen molar-refractivity contribution in [2.75, 3.05) is 6.61 Å². The van der Waals surface area contributed by atoms with Crippen molar-refractivity contribution in [1.29, 1.82) is 0 Å². The SMILES string of the molecule is C=C(/C=C\C(F)=C(/C)Cc1cc2ccccc2s1)[C@@H]1O[C@H](CO)[C@@H](O)[C@H](O)[C@H]1O. The highest BCUT2D eigenvalue weighted by Crippen LogP contribution is 2.29. The Morgan fingerprint density at radius 3 is 2.59 bits per heavy atom. The molecule has 156 valence electrons. The quantitative estimate of drug-likeness (QED) is 0.540. The molecule has 1 aliphatic rings. The van der Waals surface area contributed by atoms with Crippen LogP contribution in [0.3, 0.4) is 0 Å². The molecule has 1 aromatic heterocycles. The molecule has 0 radical (unpaired) electrons. The summed E-state index contributed by atoms with van der Waals surface area (Å²) < 4.78 is 21.1. The van der Waals surface area contributed by atoms with Crippen molar-refractivity contribution < 1.29 is 29.6 Å². The number of ether oxygens (including phenoxy) is 1. The lowest BCUT2D eigenvalue weighted by atomic mass is 9.91. The smallest absolute Gasteiger partial charge is 0.122 e. The summed E-state index contributed by atoms with van der Waals surface area (Å²) >= 11 is 1.62. The Labute approximate surface area is 172 Å². The van der Waals surface area contributed by atoms with Crippen LogP contribution in [0.15, 0.2) is 66.0 Å². The highest BCUT2D eigenvalue weighted by molar-refractivity contribution is 7.19. The fourth-order valence-corrected chi connectivity index (χ4v) is 4.44. The summed E-state index contributed by atoms with van der Waals surface area (Å²) in [5.41, 5.74) is 0.779. The van der Waals surface area contributed by atoms with E-state index in [9.17, 15) is 24.8 Å². The Hall–Kier alpha value is -1.87. The standard InChI is InChI=1S/C22H25FO5S/c1-12(22-21(27)20(26)19(25)17(11-24)28-22)7-8-16(23)13(2)9-15-10-14-5-3-4-6-18(14)29-15/h3-8,10,17,19-22,24-27H,1,9,11H2,2H3/b8-7-,16-13-/t17-,19-,20+,21-,22+/m1/s1. The van der Waals surface area contributed by atoms with Crippen LogP contribution < -0.4 is 0 Å². The number of benzene rings is 1. The third-order valence-corrected chi connectivity index (χ3v) is 6.14. The Kier molecular flexibility index (Phi) is 7.00. The lowest BCUT2D eigenvalue weighted by molar-refractivity contribution is -0.218. The van der Waals surface area contributed by atoms with Crippen LogP contribution in [-0.2, 0) is 11.2 Å². The van der Waals surface area contributed by atoms with Crippen LogP contribution in [-0.4, -0.2) is 57.6 Å². The highest BCUT2D eigenvalue weighted by Gasteiger charge is 2.43. The Morgan fingerprint density at radius 1 is 1.17 bits per heavy atom. The summed E-state index contributed by atoms with van der Waals surface area (Å²) in [6.45, 7) is 4.95. The van der Waals surface area contributed by atoms with Crippen LogP contribution in [0.5, 0.6) is 0 Å². The molecule has 5 atom stereocenters. The van der Waals surface area contributed by atoms with E-state index in [0.29, 0.717) is 12.0 Å². The van der Waals surface area contributed by atoms with E-state index in [1.165, 1.54) is 12.2 Å². The Balaban J connectivity index is 1.69. The van der Waals surface area contributed by atoms with E-state index in [4.69, 9.17) is 4.74 Å². The number of hydrogen-bond donors (Lipinski definition) is 4. The molecule has 4 N–H and O–H groups in total. The molecular formula is C22H25FO5S. The number of halogens is 1. The van der Waals surface area contributed by atoms with E-state index in [2.05, 4.69) is 6.58 Å². The van der Waals surface area contributed by atoms with Gasteiger partial charge in [-0.05, 0) is 41.7 Å². The molecule has 0 unspecified atom stereocenters. The number of thiophene rings is 1. The summed E-state index contributed by atoms with van der Waals surface area (Å²) in [5, 5.41) is 40.2. The zero-order chi connectivity index (χ0) is 21.1. The van der Waals surface area contributed by atoms with Gasteiger partial charge in [0.15, 0.2) is 0 Å². The molecule has 0 bridgehead atoms. The van der Waals surface area contributed by atoms with Gasteiger partial charge >= 0.3 is 0 Å². The van der Waals surface area contributed by atoms with Gasteiger partial charge in [0.1, 0.15) is 36.3 Å². The maximum atomic E-state index is 14.6. The largest absolute Gasteiger partial charge is 0.394 e. The monoisotopic (exact) mass is 420 g/mol. The normalized spacial score (nSPS) is 28.7. The number of fused-ring (bicyclic) bond motifs is 1. The molecule has 2 aromatic rings. The molecule has 1 saturated heterocycles. The number of allylic oxidation sites excluding steroid dienone is 3. The summed E-state index contributed by atoms with van der Waals surface area (Å²) in [4.78, 5) is 1.06. The average molecular weight is 421 g/mol. The van der Waals surface area contributed by atoms with E-state index in [1.807, 2.05) is 30.3 Å². The maximum Gasteiger partial charge on any atom is 0.122 e. The predicted octanol–water partition coefficient (Wildman–Crippen LogP) is 2.64. The van der Waals surface area contributed by atoms with Crippen molar-refractivity contribution >= 4 is 21.4 Å². The summed E-state index contributed by atoms with van der Waals surface area (Å²) in [6, 6.07) is 10.0. The topological polar surface area (TPSA) is 90.2 Å². The van der Waals surface area contributed by atoms with Crippen LogP contribution in [0.2, 0.25) is 0 Å². The van der Waals surface area contributed by atoms with Gasteiger partial charge in [0, 0.05) is 16.0 Å². The van der Waals surface area contributed by atoms with E-state index in [0.717, 1.165) is 15.0 Å². The lowest BCUT2D eigenvalue weighted by Gasteiger charge is -2.40. The van der Waals surface area contributed by atoms with Gasteiger partial charge in [-0.1, -0.05) is 30.9 Å². The van der Waals surface area contributed by atoms with E-state index >= 15 is 0 Å². The van der Waals surface area contributed by atoms with Crippen molar-refractivity contribution in [1.82, 2.24) is 0 Å². The second-order valence-electron chi connectivity index (χ2n) is 7.21. The first-order valence-electron chi connectivity index (χ1n) is 9.32. The Morgan fingerprint density at radius 2 is 1.90 bits per heavy atom. The van der Waals surface area contributed by atoms with Crippen molar-refractivity contribution in [3.63, 3.8) is 0 Å². The molecule has 1 aliphatic heterocycles. The van der Waals surface area contributed by atoms with E-state index in [1.54, 1.807) is 18.3 Å². The zero-order valence-electron chi connectivity index (χ0n) is 16.0. The van der Waals surface area contributed by atoms with Crippen LogP contribution in [0.25, 0.3) is 10.1 Å². The van der Waals surface area contributed by atoms with Gasteiger partial charge in [0.25, 0.3) is 0 Å². The molecule has 2 heterocycles. The fourth-order valence-electron chi connectivity index (χ4n) is 3.30. The third kappa shape index (κ3) is 4.83. The minimum atomic E-state index is -1.49. The van der Waals surface area contributed by atoms with Crippen molar-refractivity contribution in [2.24, 2.45) is 0 Å². The van der Waals surface area contributed by atoms with Gasteiger partial charge in [0.05, 0.1) is 6.61 Å². The summed E-state index contributed by atoms with van der Waals surface area (Å²) in [6.07, 6.45) is -3.37. The van der Waals surface area contributed by atoms with Crippen LogP contribution in [0.4, 0.5) is 4.39 Å². The second kappa shape index (κ2) is 9.30. The van der Waals surface area contributed by atoms with Gasteiger partial charge in [-0.25, -0.2) is 4.39 Å². The third-order valence-electron chi connectivity index (χ3n) is 5.03. The zero-order valence-corrected chi connectivity index (χ0v) is 16.8. The van der Waals surface area contributed by atoms with Gasteiger partial charge < -0.3 is 25.2 Å².